The molecular formula is C15H10FNO. The molecule has 0 N–H and O–H groups in total. The minimum Gasteiger partial charge on any atom is -0.492 e. The van der Waals surface area contributed by atoms with Gasteiger partial charge in [-0.2, -0.15) is 5.26 Å². The van der Waals surface area contributed by atoms with Gasteiger partial charge in [-0.3, -0.25) is 0 Å². The number of halogens is 1. The van der Waals surface area contributed by atoms with Crippen LogP contribution in [0.2, 0.25) is 0 Å². The fourth-order valence-electron chi connectivity index (χ4n) is 2.29. The smallest absolute Gasteiger partial charge is 0.141 e. The zero-order chi connectivity index (χ0) is 12.5. The Labute approximate surface area is 104 Å². The highest BCUT2D eigenvalue weighted by Gasteiger charge is 2.19. The number of benzene rings is 2. The van der Waals surface area contributed by atoms with Gasteiger partial charge in [0.1, 0.15) is 17.6 Å². The average molecular weight is 239 g/mol. The van der Waals surface area contributed by atoms with Crippen molar-refractivity contribution in [2.24, 2.45) is 0 Å². The molecule has 18 heavy (non-hydrogen) atoms. The maximum absolute atomic E-state index is 13.6. The van der Waals surface area contributed by atoms with Crippen molar-refractivity contribution in [1.29, 1.82) is 5.26 Å². The van der Waals surface area contributed by atoms with Gasteiger partial charge in [-0.15, -0.1) is 0 Å². The highest BCUT2D eigenvalue weighted by molar-refractivity contribution is 5.77. The Morgan fingerprint density at radius 1 is 1.11 bits per heavy atom. The predicted molar refractivity (Wildman–Crippen MR) is 65.8 cm³/mol. The minimum atomic E-state index is -0.495. The molecule has 0 spiro atoms. The molecule has 0 aliphatic carbocycles. The van der Waals surface area contributed by atoms with Gasteiger partial charge in [0.25, 0.3) is 0 Å². The van der Waals surface area contributed by atoms with Crippen molar-refractivity contribution in [2.45, 2.75) is 6.42 Å². The van der Waals surface area contributed by atoms with Crippen LogP contribution in [0.4, 0.5) is 4.39 Å². The molecule has 1 aliphatic rings. The monoisotopic (exact) mass is 239 g/mol. The summed E-state index contributed by atoms with van der Waals surface area (Å²) in [7, 11) is 0. The van der Waals surface area contributed by atoms with Crippen LogP contribution in [0.3, 0.4) is 0 Å². The van der Waals surface area contributed by atoms with Crippen molar-refractivity contribution in [3.8, 4) is 22.9 Å². The molecule has 0 atom stereocenters. The molecule has 0 bridgehead atoms. The summed E-state index contributed by atoms with van der Waals surface area (Å²) in [5.74, 6) is 0.283. The minimum absolute atomic E-state index is 0.0707. The summed E-state index contributed by atoms with van der Waals surface area (Å²) < 4.78 is 19.2. The quantitative estimate of drug-likeness (QED) is 0.765. The van der Waals surface area contributed by atoms with E-state index in [1.54, 1.807) is 12.1 Å². The van der Waals surface area contributed by atoms with Crippen LogP contribution >= 0.6 is 0 Å². The predicted octanol–water partition coefficient (Wildman–Crippen LogP) is 3.30. The Kier molecular flexibility index (Phi) is 2.49. The molecule has 0 unspecified atom stereocenters. The molecule has 1 aliphatic heterocycles. The second-order valence-corrected chi connectivity index (χ2v) is 4.17. The molecule has 2 nitrogen and oxygen atoms in total. The van der Waals surface area contributed by atoms with Gasteiger partial charge >= 0.3 is 0 Å². The molecule has 0 saturated heterocycles. The van der Waals surface area contributed by atoms with Crippen LogP contribution in [-0.2, 0) is 6.42 Å². The maximum atomic E-state index is 13.6. The van der Waals surface area contributed by atoms with Gasteiger partial charge in [-0.1, -0.05) is 30.3 Å². The van der Waals surface area contributed by atoms with E-state index in [4.69, 9.17) is 10.00 Å². The van der Waals surface area contributed by atoms with Crippen LogP contribution in [0.5, 0.6) is 5.75 Å². The van der Waals surface area contributed by atoms with Gasteiger partial charge in [-0.05, 0) is 11.6 Å². The standard InChI is InChI=1S/C15H10FNO/c16-14-6-2-4-11(13(14)9-17)12-5-1-3-10-7-8-18-15(10)12/h1-6H,7-8H2. The molecule has 0 aromatic heterocycles. The molecule has 3 rings (SSSR count). The van der Waals surface area contributed by atoms with Crippen molar-refractivity contribution in [3.63, 3.8) is 0 Å². The number of hydrogen-bond donors (Lipinski definition) is 0. The first-order valence-electron chi connectivity index (χ1n) is 5.75. The largest absolute Gasteiger partial charge is 0.492 e. The molecule has 0 fully saturated rings. The Bertz CT molecular complexity index is 658. The molecule has 1 heterocycles. The lowest BCUT2D eigenvalue weighted by Crippen LogP contribution is -1.92. The van der Waals surface area contributed by atoms with Crippen molar-refractivity contribution in [3.05, 3.63) is 53.3 Å². The van der Waals surface area contributed by atoms with Crippen LogP contribution in [0.15, 0.2) is 36.4 Å². The Balaban J connectivity index is 2.26. The molecule has 2 aromatic carbocycles. The SMILES string of the molecule is N#Cc1c(F)cccc1-c1cccc2c1OCC2. The first-order chi connectivity index (χ1) is 8.81. The molecule has 88 valence electrons. The third kappa shape index (κ3) is 1.54. The topological polar surface area (TPSA) is 33.0 Å². The number of ether oxygens (including phenoxy) is 1. The van der Waals surface area contributed by atoms with Gasteiger partial charge in [-0.25, -0.2) is 4.39 Å². The van der Waals surface area contributed by atoms with E-state index in [9.17, 15) is 4.39 Å². The maximum Gasteiger partial charge on any atom is 0.141 e. The van der Waals surface area contributed by atoms with E-state index in [0.29, 0.717) is 12.2 Å². The van der Waals surface area contributed by atoms with Crippen molar-refractivity contribution in [1.82, 2.24) is 0 Å². The summed E-state index contributed by atoms with van der Waals surface area (Å²) >= 11 is 0. The number of hydrogen-bond acceptors (Lipinski definition) is 2. The normalized spacial score (nSPS) is 12.7. The summed E-state index contributed by atoms with van der Waals surface area (Å²) in [5.41, 5.74) is 2.57. The molecular weight excluding hydrogens is 229 g/mol. The van der Waals surface area contributed by atoms with E-state index in [2.05, 4.69) is 0 Å². The van der Waals surface area contributed by atoms with E-state index in [1.807, 2.05) is 24.3 Å². The second-order valence-electron chi connectivity index (χ2n) is 4.17. The van der Waals surface area contributed by atoms with Gasteiger partial charge in [0, 0.05) is 17.5 Å². The fourth-order valence-corrected chi connectivity index (χ4v) is 2.29. The van der Waals surface area contributed by atoms with Crippen molar-refractivity contribution < 1.29 is 9.13 Å². The third-order valence-corrected chi connectivity index (χ3v) is 3.13. The summed E-state index contributed by atoms with van der Waals surface area (Å²) in [6.45, 7) is 0.642. The summed E-state index contributed by atoms with van der Waals surface area (Å²) in [4.78, 5) is 0. The van der Waals surface area contributed by atoms with Crippen LogP contribution in [-0.4, -0.2) is 6.61 Å². The zero-order valence-corrected chi connectivity index (χ0v) is 9.61. The van der Waals surface area contributed by atoms with E-state index in [0.717, 1.165) is 23.3 Å². The van der Waals surface area contributed by atoms with Gasteiger partial charge < -0.3 is 4.74 Å². The molecule has 3 heteroatoms. The Hall–Kier alpha value is -2.34. The van der Waals surface area contributed by atoms with Crippen molar-refractivity contribution >= 4 is 0 Å². The second kappa shape index (κ2) is 4.15. The number of nitriles is 1. The van der Waals surface area contributed by atoms with Crippen LogP contribution in [0.25, 0.3) is 11.1 Å². The zero-order valence-electron chi connectivity index (χ0n) is 9.61. The van der Waals surface area contributed by atoms with Crippen LogP contribution in [0, 0.1) is 17.1 Å². The third-order valence-electron chi connectivity index (χ3n) is 3.13. The first kappa shape index (κ1) is 10.8. The first-order valence-corrected chi connectivity index (χ1v) is 5.75. The molecule has 0 amide bonds. The molecule has 0 radical (unpaired) electrons. The Morgan fingerprint density at radius 2 is 1.89 bits per heavy atom. The number of nitrogens with zero attached hydrogens (tertiary/aromatic N) is 1. The lowest BCUT2D eigenvalue weighted by Gasteiger charge is -2.09. The summed E-state index contributed by atoms with van der Waals surface area (Å²) in [6, 6.07) is 12.4. The summed E-state index contributed by atoms with van der Waals surface area (Å²) in [5, 5.41) is 9.08. The van der Waals surface area contributed by atoms with Gasteiger partial charge in [0.05, 0.1) is 12.2 Å². The highest BCUT2D eigenvalue weighted by Crippen LogP contribution is 2.38. The Morgan fingerprint density at radius 3 is 2.72 bits per heavy atom. The van der Waals surface area contributed by atoms with Crippen LogP contribution in [0.1, 0.15) is 11.1 Å². The lowest BCUT2D eigenvalue weighted by molar-refractivity contribution is 0.358. The van der Waals surface area contributed by atoms with E-state index in [-0.39, 0.29) is 5.56 Å². The van der Waals surface area contributed by atoms with Crippen molar-refractivity contribution in [2.75, 3.05) is 6.61 Å². The summed E-state index contributed by atoms with van der Waals surface area (Å²) in [6.07, 6.45) is 0.861. The number of fused-ring (bicyclic) bond motifs is 1. The van der Waals surface area contributed by atoms with E-state index < -0.39 is 5.82 Å². The fraction of sp³-hybridized carbons (Fsp3) is 0.133. The van der Waals surface area contributed by atoms with Gasteiger partial charge in [0.2, 0.25) is 0 Å². The lowest BCUT2D eigenvalue weighted by atomic mass is 9.97. The van der Waals surface area contributed by atoms with Gasteiger partial charge in [0.15, 0.2) is 0 Å². The molecule has 2 aromatic rings. The highest BCUT2D eigenvalue weighted by atomic mass is 19.1. The number of rotatable bonds is 1. The van der Waals surface area contributed by atoms with E-state index in [1.165, 1.54) is 6.07 Å². The number of para-hydroxylation sites is 1. The van der Waals surface area contributed by atoms with Crippen LogP contribution < -0.4 is 4.74 Å². The average Bonchev–Trinajstić information content (AvgIpc) is 2.86. The molecule has 0 saturated carbocycles. The van der Waals surface area contributed by atoms with E-state index >= 15 is 0 Å².